The lowest BCUT2D eigenvalue weighted by molar-refractivity contribution is 0.0724. The molecule has 2 saturated heterocycles. The molecule has 2 heterocycles. The van der Waals surface area contributed by atoms with Crippen molar-refractivity contribution in [1.29, 1.82) is 0 Å². The lowest BCUT2D eigenvalue weighted by Gasteiger charge is -2.37. The highest BCUT2D eigenvalue weighted by Crippen LogP contribution is 2.25. The zero-order valence-corrected chi connectivity index (χ0v) is 15.5. The number of benzene rings is 1. The molecular formula is C17H23ClN2O4S. The van der Waals surface area contributed by atoms with Crippen LogP contribution in [0.2, 0.25) is 5.02 Å². The second-order valence-corrected chi connectivity index (χ2v) is 9.35. The highest BCUT2D eigenvalue weighted by atomic mass is 35.5. The van der Waals surface area contributed by atoms with Crippen LogP contribution >= 0.6 is 11.6 Å². The number of nitrogens with zero attached hydrogens (tertiary/aromatic N) is 2. The molecule has 0 saturated carbocycles. The number of aliphatic hydroxyl groups is 1. The third-order valence-electron chi connectivity index (χ3n) is 4.94. The Hall–Kier alpha value is -1.15. The summed E-state index contributed by atoms with van der Waals surface area (Å²) in [5.41, 5.74) is 0.478. The molecule has 0 aromatic heterocycles. The van der Waals surface area contributed by atoms with Gasteiger partial charge in [0.15, 0.2) is 0 Å². The van der Waals surface area contributed by atoms with E-state index in [1.165, 1.54) is 4.31 Å². The number of hydrogen-bond donors (Lipinski definition) is 1. The van der Waals surface area contributed by atoms with Gasteiger partial charge in [0.2, 0.25) is 10.0 Å². The predicted octanol–water partition coefficient (Wildman–Crippen LogP) is 1.73. The Morgan fingerprint density at radius 1 is 1.16 bits per heavy atom. The van der Waals surface area contributed by atoms with Crippen molar-refractivity contribution >= 4 is 27.5 Å². The molecule has 0 aliphatic carbocycles. The SMILES string of the molecule is O=C(c1cccc(Cl)c1)N1CCC[C@H](S(=O)(=O)N2CCC(O)CC2)C1. The maximum absolute atomic E-state index is 12.9. The lowest BCUT2D eigenvalue weighted by atomic mass is 10.1. The van der Waals surface area contributed by atoms with E-state index in [-0.39, 0.29) is 12.5 Å². The number of carbonyl (C=O) groups excluding carboxylic acids is 1. The van der Waals surface area contributed by atoms with Crippen molar-refractivity contribution in [2.75, 3.05) is 26.2 Å². The van der Waals surface area contributed by atoms with Gasteiger partial charge in [0.25, 0.3) is 5.91 Å². The van der Waals surface area contributed by atoms with Gasteiger partial charge in [-0.2, -0.15) is 0 Å². The van der Waals surface area contributed by atoms with Gasteiger partial charge >= 0.3 is 0 Å². The van der Waals surface area contributed by atoms with Crippen molar-refractivity contribution in [3.05, 3.63) is 34.9 Å². The minimum atomic E-state index is -3.46. The molecule has 1 aromatic carbocycles. The quantitative estimate of drug-likeness (QED) is 0.858. The Morgan fingerprint density at radius 3 is 2.56 bits per heavy atom. The van der Waals surface area contributed by atoms with E-state index in [0.29, 0.717) is 55.9 Å². The topological polar surface area (TPSA) is 77.9 Å². The van der Waals surface area contributed by atoms with Crippen molar-refractivity contribution < 1.29 is 18.3 Å². The van der Waals surface area contributed by atoms with Crippen molar-refractivity contribution in [3.63, 3.8) is 0 Å². The van der Waals surface area contributed by atoms with Crippen LogP contribution in [0.5, 0.6) is 0 Å². The first kappa shape index (κ1) is 18.6. The molecule has 2 fully saturated rings. The maximum Gasteiger partial charge on any atom is 0.253 e. The molecule has 6 nitrogen and oxygen atoms in total. The van der Waals surface area contributed by atoms with Gasteiger partial charge in [-0.1, -0.05) is 17.7 Å². The summed E-state index contributed by atoms with van der Waals surface area (Å²) in [5, 5.41) is 9.48. The monoisotopic (exact) mass is 386 g/mol. The lowest BCUT2D eigenvalue weighted by Crippen LogP contribution is -2.51. The van der Waals surface area contributed by atoms with Crippen LogP contribution in [0.3, 0.4) is 0 Å². The molecule has 0 bridgehead atoms. The third kappa shape index (κ3) is 4.16. The molecular weight excluding hydrogens is 364 g/mol. The fourth-order valence-corrected chi connectivity index (χ4v) is 5.64. The number of sulfonamides is 1. The predicted molar refractivity (Wildman–Crippen MR) is 96.1 cm³/mol. The third-order valence-corrected chi connectivity index (χ3v) is 7.49. The molecule has 2 aliphatic rings. The Bertz CT molecular complexity index is 732. The fourth-order valence-electron chi connectivity index (χ4n) is 3.48. The van der Waals surface area contributed by atoms with Gasteiger partial charge in [0, 0.05) is 36.8 Å². The van der Waals surface area contributed by atoms with Crippen LogP contribution in [0.1, 0.15) is 36.0 Å². The molecule has 138 valence electrons. The number of aliphatic hydroxyl groups excluding tert-OH is 1. The number of likely N-dealkylation sites (tertiary alicyclic amines) is 1. The molecule has 0 unspecified atom stereocenters. The van der Waals surface area contributed by atoms with Gasteiger partial charge in [-0.05, 0) is 43.9 Å². The summed E-state index contributed by atoms with van der Waals surface area (Å²) in [6.45, 7) is 1.45. The molecule has 1 aromatic rings. The molecule has 1 amide bonds. The highest BCUT2D eigenvalue weighted by molar-refractivity contribution is 7.89. The number of rotatable bonds is 3. The second-order valence-electron chi connectivity index (χ2n) is 6.70. The number of piperidine rings is 2. The maximum atomic E-state index is 12.9. The molecule has 1 atom stereocenters. The van der Waals surface area contributed by atoms with E-state index in [1.807, 2.05) is 0 Å². The molecule has 1 N–H and O–H groups in total. The summed E-state index contributed by atoms with van der Waals surface area (Å²) in [6, 6.07) is 6.71. The first-order valence-electron chi connectivity index (χ1n) is 8.60. The summed E-state index contributed by atoms with van der Waals surface area (Å²) in [7, 11) is -3.46. The van der Waals surface area contributed by atoms with Crippen LogP contribution in [0.15, 0.2) is 24.3 Å². The average Bonchev–Trinajstić information content (AvgIpc) is 2.61. The van der Waals surface area contributed by atoms with Crippen molar-refractivity contribution in [3.8, 4) is 0 Å². The van der Waals surface area contributed by atoms with Gasteiger partial charge in [-0.25, -0.2) is 12.7 Å². The van der Waals surface area contributed by atoms with Crippen LogP contribution in [-0.2, 0) is 10.0 Å². The normalized spacial score (nSPS) is 23.6. The summed E-state index contributed by atoms with van der Waals surface area (Å²) in [6.07, 6.45) is 1.74. The summed E-state index contributed by atoms with van der Waals surface area (Å²) in [5.74, 6) is -0.184. The van der Waals surface area contributed by atoms with E-state index < -0.39 is 21.4 Å². The Morgan fingerprint density at radius 2 is 1.88 bits per heavy atom. The van der Waals surface area contributed by atoms with Gasteiger partial charge < -0.3 is 10.0 Å². The van der Waals surface area contributed by atoms with Crippen LogP contribution in [0, 0.1) is 0 Å². The highest BCUT2D eigenvalue weighted by Gasteiger charge is 2.38. The van der Waals surface area contributed by atoms with Gasteiger partial charge in [-0.3, -0.25) is 4.79 Å². The van der Waals surface area contributed by atoms with Crippen LogP contribution < -0.4 is 0 Å². The van der Waals surface area contributed by atoms with Crippen LogP contribution in [-0.4, -0.2) is 66.2 Å². The first-order valence-corrected chi connectivity index (χ1v) is 10.5. The molecule has 3 rings (SSSR count). The molecule has 8 heteroatoms. The van der Waals surface area contributed by atoms with Gasteiger partial charge in [0.1, 0.15) is 0 Å². The first-order chi connectivity index (χ1) is 11.9. The molecule has 0 radical (unpaired) electrons. The van der Waals surface area contributed by atoms with E-state index in [4.69, 9.17) is 11.6 Å². The van der Waals surface area contributed by atoms with Gasteiger partial charge in [-0.15, -0.1) is 0 Å². The van der Waals surface area contributed by atoms with Crippen LogP contribution in [0.25, 0.3) is 0 Å². The Balaban J connectivity index is 1.71. The minimum Gasteiger partial charge on any atom is -0.393 e. The Kier molecular flexibility index (Phi) is 5.68. The van der Waals surface area contributed by atoms with E-state index >= 15 is 0 Å². The number of carbonyl (C=O) groups is 1. The van der Waals surface area contributed by atoms with Crippen molar-refractivity contribution in [2.45, 2.75) is 37.0 Å². The minimum absolute atomic E-state index is 0.184. The summed E-state index contributed by atoms with van der Waals surface area (Å²) < 4.78 is 27.3. The number of amides is 1. The van der Waals surface area contributed by atoms with E-state index in [1.54, 1.807) is 29.2 Å². The fraction of sp³-hybridized carbons (Fsp3) is 0.588. The average molecular weight is 387 g/mol. The van der Waals surface area contributed by atoms with Gasteiger partial charge in [0.05, 0.1) is 11.4 Å². The number of halogens is 1. The van der Waals surface area contributed by atoms with Crippen molar-refractivity contribution in [2.24, 2.45) is 0 Å². The summed E-state index contributed by atoms with van der Waals surface area (Å²) in [4.78, 5) is 14.3. The van der Waals surface area contributed by atoms with E-state index in [9.17, 15) is 18.3 Å². The summed E-state index contributed by atoms with van der Waals surface area (Å²) >= 11 is 5.95. The second kappa shape index (κ2) is 7.61. The standard InChI is InChI=1S/C17H23ClN2O4S/c18-14-4-1-3-13(11-14)17(22)19-8-2-5-16(12-19)25(23,24)20-9-6-15(21)7-10-20/h1,3-4,11,15-16,21H,2,5-10,12H2/t16-/m0/s1. The van der Waals surface area contributed by atoms with Crippen LogP contribution in [0.4, 0.5) is 0 Å². The zero-order valence-electron chi connectivity index (χ0n) is 14.0. The van der Waals surface area contributed by atoms with E-state index in [0.717, 1.165) is 0 Å². The molecule has 25 heavy (non-hydrogen) atoms. The Labute approximate surface area is 153 Å². The number of hydrogen-bond acceptors (Lipinski definition) is 4. The molecule has 0 spiro atoms. The zero-order chi connectivity index (χ0) is 18.0. The van der Waals surface area contributed by atoms with Crippen molar-refractivity contribution in [1.82, 2.24) is 9.21 Å². The van der Waals surface area contributed by atoms with E-state index in [2.05, 4.69) is 0 Å². The smallest absolute Gasteiger partial charge is 0.253 e. The largest absolute Gasteiger partial charge is 0.393 e. The molecule has 2 aliphatic heterocycles.